The van der Waals surface area contributed by atoms with Crippen molar-refractivity contribution in [2.45, 2.75) is 31.2 Å². The Morgan fingerprint density at radius 3 is 2.38 bits per heavy atom. The van der Waals surface area contributed by atoms with Gasteiger partial charge < -0.3 is 9.47 Å². The Kier molecular flexibility index (Phi) is 3.53. The predicted molar refractivity (Wildman–Crippen MR) is 45.8 cm³/mol. The van der Waals surface area contributed by atoms with Crippen molar-refractivity contribution in [1.82, 2.24) is 0 Å². The fourth-order valence-corrected chi connectivity index (χ4v) is 1.54. The van der Waals surface area contributed by atoms with Gasteiger partial charge >= 0.3 is 15.6 Å². The van der Waals surface area contributed by atoms with Gasteiger partial charge in [-0.3, -0.25) is 4.18 Å². The van der Waals surface area contributed by atoms with E-state index in [-0.39, 0.29) is 6.61 Å². The molecule has 1 unspecified atom stereocenters. The standard InChI is InChI=1S/C7H11F3O5S/c1-6(2)13-3-5(15-6)4-14-16(11,12)7(8,9)10/h5H,3-4H2,1-2H3. The SMILES string of the molecule is CC1(C)OCC(COS(=O)(=O)C(F)(F)F)O1. The molecule has 0 aliphatic carbocycles. The first-order chi connectivity index (χ1) is 7.04. The Morgan fingerprint density at radius 1 is 1.44 bits per heavy atom. The van der Waals surface area contributed by atoms with Crippen molar-refractivity contribution in [1.29, 1.82) is 0 Å². The van der Waals surface area contributed by atoms with E-state index in [1.807, 2.05) is 0 Å². The molecule has 1 rings (SSSR count). The average molecular weight is 264 g/mol. The van der Waals surface area contributed by atoms with Crippen LogP contribution in [-0.2, 0) is 23.8 Å². The van der Waals surface area contributed by atoms with Gasteiger partial charge in [0.1, 0.15) is 6.10 Å². The van der Waals surface area contributed by atoms with Gasteiger partial charge in [-0.15, -0.1) is 0 Å². The number of hydrogen-bond acceptors (Lipinski definition) is 5. The minimum absolute atomic E-state index is 0.0135. The highest BCUT2D eigenvalue weighted by atomic mass is 32.2. The highest BCUT2D eigenvalue weighted by Crippen LogP contribution is 2.27. The van der Waals surface area contributed by atoms with Crippen LogP contribution in [0.5, 0.6) is 0 Å². The number of alkyl halides is 3. The molecule has 0 spiro atoms. The molecule has 1 aliphatic heterocycles. The Labute approximate surface area is 90.6 Å². The van der Waals surface area contributed by atoms with E-state index in [2.05, 4.69) is 4.18 Å². The summed E-state index contributed by atoms with van der Waals surface area (Å²) in [6.45, 7) is 2.39. The predicted octanol–water partition coefficient (Wildman–Crippen LogP) is 1.00. The van der Waals surface area contributed by atoms with Gasteiger partial charge in [0.25, 0.3) is 0 Å². The van der Waals surface area contributed by atoms with E-state index in [4.69, 9.17) is 9.47 Å². The molecule has 1 aliphatic rings. The van der Waals surface area contributed by atoms with E-state index in [0.717, 1.165) is 0 Å². The van der Waals surface area contributed by atoms with Crippen LogP contribution in [0.2, 0.25) is 0 Å². The molecule has 1 atom stereocenters. The van der Waals surface area contributed by atoms with Gasteiger partial charge in [-0.05, 0) is 13.8 Å². The van der Waals surface area contributed by atoms with E-state index < -0.39 is 34.1 Å². The summed E-state index contributed by atoms with van der Waals surface area (Å²) in [5.41, 5.74) is -5.41. The summed E-state index contributed by atoms with van der Waals surface area (Å²) in [5.74, 6) is -0.935. The summed E-state index contributed by atoms with van der Waals surface area (Å²) in [6, 6.07) is 0. The number of halogens is 3. The van der Waals surface area contributed by atoms with Crippen molar-refractivity contribution >= 4 is 10.1 Å². The molecule has 0 saturated carbocycles. The third kappa shape index (κ3) is 3.30. The molecule has 0 aromatic rings. The maximum Gasteiger partial charge on any atom is 0.523 e. The number of ether oxygens (including phenoxy) is 2. The minimum atomic E-state index is -5.56. The summed E-state index contributed by atoms with van der Waals surface area (Å²) in [7, 11) is -5.56. The van der Waals surface area contributed by atoms with Crippen LogP contribution >= 0.6 is 0 Å². The molecule has 1 fully saturated rings. The lowest BCUT2D eigenvalue weighted by molar-refractivity contribution is -0.141. The first-order valence-corrected chi connectivity index (χ1v) is 5.72. The van der Waals surface area contributed by atoms with Crippen LogP contribution in [0.3, 0.4) is 0 Å². The van der Waals surface area contributed by atoms with Crippen molar-refractivity contribution in [3.05, 3.63) is 0 Å². The van der Waals surface area contributed by atoms with E-state index >= 15 is 0 Å². The van der Waals surface area contributed by atoms with Crippen molar-refractivity contribution in [3.63, 3.8) is 0 Å². The second-order valence-electron chi connectivity index (χ2n) is 3.64. The van der Waals surface area contributed by atoms with Crippen LogP contribution < -0.4 is 0 Å². The lowest BCUT2D eigenvalue weighted by Crippen LogP contribution is -2.30. The van der Waals surface area contributed by atoms with Crippen LogP contribution in [0.15, 0.2) is 0 Å². The molecule has 96 valence electrons. The summed E-state index contributed by atoms with van der Waals surface area (Å²) in [6.07, 6.45) is -0.827. The van der Waals surface area contributed by atoms with Gasteiger partial charge in [0, 0.05) is 0 Å². The van der Waals surface area contributed by atoms with E-state index in [1.54, 1.807) is 13.8 Å². The highest BCUT2D eigenvalue weighted by Gasteiger charge is 2.48. The maximum atomic E-state index is 11.9. The van der Waals surface area contributed by atoms with Gasteiger partial charge in [0.15, 0.2) is 5.79 Å². The third-order valence-electron chi connectivity index (χ3n) is 1.76. The van der Waals surface area contributed by atoms with Crippen LogP contribution in [-0.4, -0.2) is 39.0 Å². The van der Waals surface area contributed by atoms with Crippen LogP contribution in [0, 0.1) is 0 Å². The Morgan fingerprint density at radius 2 is 2.00 bits per heavy atom. The molecule has 0 radical (unpaired) electrons. The maximum absolute atomic E-state index is 11.9. The van der Waals surface area contributed by atoms with Crippen molar-refractivity contribution < 1.29 is 35.2 Å². The molecule has 0 bridgehead atoms. The summed E-state index contributed by atoms with van der Waals surface area (Å²) >= 11 is 0. The number of hydrogen-bond donors (Lipinski definition) is 0. The quantitative estimate of drug-likeness (QED) is 0.562. The molecule has 1 saturated heterocycles. The first kappa shape index (κ1) is 13.7. The second kappa shape index (κ2) is 4.13. The normalized spacial score (nSPS) is 25.9. The largest absolute Gasteiger partial charge is 0.523 e. The molecule has 0 N–H and O–H groups in total. The molecular weight excluding hydrogens is 253 g/mol. The van der Waals surface area contributed by atoms with E-state index in [9.17, 15) is 21.6 Å². The molecule has 0 amide bonds. The lowest BCUT2D eigenvalue weighted by Gasteiger charge is -2.17. The van der Waals surface area contributed by atoms with Crippen molar-refractivity contribution in [2.24, 2.45) is 0 Å². The zero-order valence-corrected chi connectivity index (χ0v) is 9.39. The van der Waals surface area contributed by atoms with Crippen molar-refractivity contribution in [3.8, 4) is 0 Å². The first-order valence-electron chi connectivity index (χ1n) is 4.31. The molecule has 0 aromatic heterocycles. The monoisotopic (exact) mass is 264 g/mol. The van der Waals surface area contributed by atoms with Crippen molar-refractivity contribution in [2.75, 3.05) is 13.2 Å². The minimum Gasteiger partial charge on any atom is -0.348 e. The van der Waals surface area contributed by atoms with Gasteiger partial charge in [0.2, 0.25) is 0 Å². The van der Waals surface area contributed by atoms with E-state index in [0.29, 0.717) is 0 Å². The number of rotatable bonds is 3. The van der Waals surface area contributed by atoms with Crippen LogP contribution in [0.25, 0.3) is 0 Å². The molecule has 0 aromatic carbocycles. The second-order valence-corrected chi connectivity index (χ2v) is 5.24. The lowest BCUT2D eigenvalue weighted by atomic mass is 10.4. The fraction of sp³-hybridized carbons (Fsp3) is 1.00. The zero-order valence-electron chi connectivity index (χ0n) is 8.57. The van der Waals surface area contributed by atoms with Gasteiger partial charge in [-0.25, -0.2) is 0 Å². The van der Waals surface area contributed by atoms with Gasteiger partial charge in [-0.2, -0.15) is 21.6 Å². The zero-order chi connectivity index (χ0) is 12.6. The molecule has 16 heavy (non-hydrogen) atoms. The highest BCUT2D eigenvalue weighted by molar-refractivity contribution is 7.87. The van der Waals surface area contributed by atoms with Gasteiger partial charge in [0.05, 0.1) is 13.2 Å². The van der Waals surface area contributed by atoms with Crippen LogP contribution in [0.1, 0.15) is 13.8 Å². The molecular formula is C7H11F3O5S. The average Bonchev–Trinajstić information content (AvgIpc) is 2.40. The summed E-state index contributed by atoms with van der Waals surface area (Å²) in [4.78, 5) is 0. The molecule has 5 nitrogen and oxygen atoms in total. The molecule has 1 heterocycles. The Balaban J connectivity index is 2.48. The third-order valence-corrected chi connectivity index (χ3v) is 2.77. The summed E-state index contributed by atoms with van der Waals surface area (Å²) in [5, 5.41) is 0. The van der Waals surface area contributed by atoms with Crippen LogP contribution in [0.4, 0.5) is 13.2 Å². The van der Waals surface area contributed by atoms with Gasteiger partial charge in [-0.1, -0.05) is 0 Å². The summed E-state index contributed by atoms with van der Waals surface area (Å²) < 4.78 is 70.6. The fourth-order valence-electron chi connectivity index (χ4n) is 1.08. The Hall–Kier alpha value is -0.380. The molecule has 9 heteroatoms. The Bertz CT molecular complexity index is 348. The smallest absolute Gasteiger partial charge is 0.348 e. The van der Waals surface area contributed by atoms with E-state index in [1.165, 1.54) is 0 Å². The topological polar surface area (TPSA) is 61.8 Å².